The monoisotopic (exact) mass is 586 g/mol. The van der Waals surface area contributed by atoms with Gasteiger partial charge in [-0.2, -0.15) is 0 Å². The topological polar surface area (TPSA) is 49.4 Å². The lowest BCUT2D eigenvalue weighted by molar-refractivity contribution is -0.139. The average Bonchev–Trinajstić information content (AvgIpc) is 2.87. The highest BCUT2D eigenvalue weighted by molar-refractivity contribution is 9.10. The minimum absolute atomic E-state index is 0.0256. The smallest absolute Gasteiger partial charge is 0.243 e. The van der Waals surface area contributed by atoms with Gasteiger partial charge in [0.25, 0.3) is 0 Å². The molecule has 0 aliphatic rings. The molecule has 3 rings (SSSR count). The van der Waals surface area contributed by atoms with Crippen LogP contribution >= 0.6 is 39.3 Å². The quantitative estimate of drug-likeness (QED) is 0.251. The molecule has 0 fully saturated rings. The maximum Gasteiger partial charge on any atom is 0.243 e. The summed E-state index contributed by atoms with van der Waals surface area (Å²) in [6.07, 6.45) is 1.27. The summed E-state index contributed by atoms with van der Waals surface area (Å²) in [5, 5.41) is 3.79. The predicted octanol–water partition coefficient (Wildman–Crippen LogP) is 6.89. The highest BCUT2D eigenvalue weighted by Crippen LogP contribution is 2.21. The Kier molecular flexibility index (Phi) is 11.4. The van der Waals surface area contributed by atoms with Crippen LogP contribution < -0.4 is 5.32 Å². The summed E-state index contributed by atoms with van der Waals surface area (Å²) >= 11 is 11.1. The predicted molar refractivity (Wildman–Crippen MR) is 154 cm³/mol. The van der Waals surface area contributed by atoms with Gasteiger partial charge >= 0.3 is 0 Å². The van der Waals surface area contributed by atoms with Crippen LogP contribution in [0.25, 0.3) is 0 Å². The highest BCUT2D eigenvalue weighted by atomic mass is 79.9. The molecule has 4 nitrogen and oxygen atoms in total. The van der Waals surface area contributed by atoms with Crippen LogP contribution in [0.4, 0.5) is 0 Å². The third kappa shape index (κ3) is 8.99. The van der Waals surface area contributed by atoms with Gasteiger partial charge in [0, 0.05) is 34.3 Å². The number of thioether (sulfide) groups is 1. The Bertz CT molecular complexity index is 1130. The molecule has 0 aromatic heterocycles. The van der Waals surface area contributed by atoms with Crippen molar-refractivity contribution in [1.82, 2.24) is 10.2 Å². The fourth-order valence-electron chi connectivity index (χ4n) is 3.75. The van der Waals surface area contributed by atoms with Crippen LogP contribution in [0.15, 0.2) is 83.3 Å². The molecule has 0 radical (unpaired) electrons. The van der Waals surface area contributed by atoms with Gasteiger partial charge in [0.05, 0.1) is 5.75 Å². The first-order chi connectivity index (χ1) is 17.4. The minimum atomic E-state index is -0.621. The summed E-state index contributed by atoms with van der Waals surface area (Å²) in [7, 11) is 0. The van der Waals surface area contributed by atoms with Crippen LogP contribution in [-0.2, 0) is 28.3 Å². The first-order valence-corrected chi connectivity index (χ1v) is 14.4. The Hall–Kier alpha value is -2.28. The molecule has 0 spiro atoms. The van der Waals surface area contributed by atoms with Crippen molar-refractivity contribution in [3.05, 3.63) is 105 Å². The van der Waals surface area contributed by atoms with E-state index >= 15 is 0 Å². The van der Waals surface area contributed by atoms with Crippen LogP contribution in [0.2, 0.25) is 5.02 Å². The van der Waals surface area contributed by atoms with Gasteiger partial charge in [-0.1, -0.05) is 89.1 Å². The zero-order valence-corrected chi connectivity index (χ0v) is 23.8. The molecule has 7 heteroatoms. The Morgan fingerprint density at radius 1 is 0.972 bits per heavy atom. The Morgan fingerprint density at radius 2 is 1.67 bits per heavy atom. The Morgan fingerprint density at radius 3 is 2.33 bits per heavy atom. The maximum atomic E-state index is 13.7. The molecule has 3 aromatic rings. The molecule has 3 aromatic carbocycles. The standard InChI is InChI=1S/C29H32BrClN2O2S/c1-3-21(2)32-29(35)27(17-22-8-5-4-6-9-22)33(18-23-12-14-25(30)15-13-23)28(34)20-36-19-24-10-7-11-26(31)16-24/h4-16,21,27H,3,17-20H2,1-2H3,(H,32,35)/t21-,27-/m1/s1. The van der Waals surface area contributed by atoms with E-state index in [1.54, 1.807) is 4.90 Å². The average molecular weight is 588 g/mol. The molecule has 36 heavy (non-hydrogen) atoms. The number of nitrogens with zero attached hydrogens (tertiary/aromatic N) is 1. The zero-order valence-electron chi connectivity index (χ0n) is 20.6. The first kappa shape index (κ1) is 28.3. The molecule has 0 aliphatic carbocycles. The van der Waals surface area contributed by atoms with Crippen molar-refractivity contribution in [2.45, 2.75) is 51.1 Å². The van der Waals surface area contributed by atoms with E-state index < -0.39 is 6.04 Å². The molecule has 0 heterocycles. The number of amides is 2. The molecular formula is C29H32BrClN2O2S. The van der Waals surface area contributed by atoms with Crippen LogP contribution in [0.3, 0.4) is 0 Å². The van der Waals surface area contributed by atoms with Gasteiger partial charge < -0.3 is 10.2 Å². The molecule has 0 unspecified atom stereocenters. The van der Waals surface area contributed by atoms with E-state index in [0.717, 1.165) is 27.6 Å². The number of hydrogen-bond acceptors (Lipinski definition) is 3. The summed E-state index contributed by atoms with van der Waals surface area (Å²) in [5.41, 5.74) is 3.05. The second-order valence-corrected chi connectivity index (χ2v) is 11.1. The van der Waals surface area contributed by atoms with Gasteiger partial charge in [0.2, 0.25) is 11.8 Å². The highest BCUT2D eigenvalue weighted by Gasteiger charge is 2.30. The maximum absolute atomic E-state index is 13.7. The van der Waals surface area contributed by atoms with Crippen molar-refractivity contribution >= 4 is 51.1 Å². The Labute approximate surface area is 231 Å². The second kappa shape index (κ2) is 14.5. The molecule has 190 valence electrons. The van der Waals surface area contributed by atoms with Gasteiger partial charge in [0.1, 0.15) is 6.04 Å². The number of rotatable bonds is 12. The van der Waals surface area contributed by atoms with Gasteiger partial charge in [-0.3, -0.25) is 9.59 Å². The zero-order chi connectivity index (χ0) is 25.9. The van der Waals surface area contributed by atoms with Crippen molar-refractivity contribution in [3.8, 4) is 0 Å². The van der Waals surface area contributed by atoms with Gasteiger partial charge in [-0.15, -0.1) is 11.8 Å². The van der Waals surface area contributed by atoms with E-state index in [9.17, 15) is 9.59 Å². The van der Waals surface area contributed by atoms with Crippen LogP contribution in [-0.4, -0.2) is 34.6 Å². The van der Waals surface area contributed by atoms with Crippen molar-refractivity contribution in [2.24, 2.45) is 0 Å². The molecule has 0 aliphatic heterocycles. The lowest BCUT2D eigenvalue weighted by Crippen LogP contribution is -2.52. The second-order valence-electron chi connectivity index (χ2n) is 8.79. The van der Waals surface area contributed by atoms with E-state index in [1.165, 1.54) is 11.8 Å². The van der Waals surface area contributed by atoms with E-state index in [0.29, 0.717) is 23.7 Å². The molecular weight excluding hydrogens is 556 g/mol. The Balaban J connectivity index is 1.85. The number of carbonyl (C=O) groups excluding carboxylic acids is 2. The van der Waals surface area contributed by atoms with Crippen molar-refractivity contribution in [1.29, 1.82) is 0 Å². The lowest BCUT2D eigenvalue weighted by atomic mass is 10.0. The SMILES string of the molecule is CC[C@@H](C)NC(=O)[C@@H](Cc1ccccc1)N(Cc1ccc(Br)cc1)C(=O)CSCc1cccc(Cl)c1. The van der Waals surface area contributed by atoms with E-state index in [-0.39, 0.29) is 23.6 Å². The first-order valence-electron chi connectivity index (χ1n) is 12.1. The molecule has 1 N–H and O–H groups in total. The number of benzene rings is 3. The van der Waals surface area contributed by atoms with E-state index in [1.807, 2.05) is 92.7 Å². The fourth-order valence-corrected chi connectivity index (χ4v) is 5.08. The molecule has 0 bridgehead atoms. The number of halogens is 2. The fraction of sp³-hybridized carbons (Fsp3) is 0.310. The molecule has 2 amide bonds. The van der Waals surface area contributed by atoms with Gasteiger partial charge in [0.15, 0.2) is 0 Å². The number of hydrogen-bond donors (Lipinski definition) is 1. The van der Waals surface area contributed by atoms with Crippen LogP contribution in [0.5, 0.6) is 0 Å². The minimum Gasteiger partial charge on any atom is -0.352 e. The van der Waals surface area contributed by atoms with Crippen molar-refractivity contribution in [2.75, 3.05) is 5.75 Å². The summed E-state index contributed by atoms with van der Waals surface area (Å²) in [4.78, 5) is 28.9. The van der Waals surface area contributed by atoms with Gasteiger partial charge in [-0.05, 0) is 54.3 Å². The van der Waals surface area contributed by atoms with Crippen LogP contribution in [0, 0.1) is 0 Å². The third-order valence-electron chi connectivity index (χ3n) is 5.92. The van der Waals surface area contributed by atoms with E-state index in [2.05, 4.69) is 21.2 Å². The molecule has 0 saturated carbocycles. The largest absolute Gasteiger partial charge is 0.352 e. The van der Waals surface area contributed by atoms with Crippen LogP contribution in [0.1, 0.15) is 37.0 Å². The summed E-state index contributed by atoms with van der Waals surface area (Å²) < 4.78 is 0.969. The van der Waals surface area contributed by atoms with Crippen molar-refractivity contribution < 1.29 is 9.59 Å². The third-order valence-corrected chi connectivity index (χ3v) is 7.67. The molecule has 0 saturated heterocycles. The lowest BCUT2D eigenvalue weighted by Gasteiger charge is -2.32. The van der Waals surface area contributed by atoms with Crippen molar-refractivity contribution in [3.63, 3.8) is 0 Å². The molecule has 2 atom stereocenters. The summed E-state index contributed by atoms with van der Waals surface area (Å²) in [6.45, 7) is 4.38. The summed E-state index contributed by atoms with van der Waals surface area (Å²) in [6, 6.07) is 24.8. The normalized spacial score (nSPS) is 12.6. The summed E-state index contributed by atoms with van der Waals surface area (Å²) in [5.74, 6) is 0.745. The van der Waals surface area contributed by atoms with E-state index in [4.69, 9.17) is 11.6 Å². The van der Waals surface area contributed by atoms with Gasteiger partial charge in [-0.25, -0.2) is 0 Å². The number of nitrogens with one attached hydrogen (secondary N) is 1. The number of carbonyl (C=O) groups is 2.